The van der Waals surface area contributed by atoms with Crippen LogP contribution in [0.3, 0.4) is 0 Å². The Hall–Kier alpha value is -3.53. The Morgan fingerprint density at radius 1 is 1.00 bits per heavy atom. The summed E-state index contributed by atoms with van der Waals surface area (Å²) in [5, 5.41) is 2.92. The van der Waals surface area contributed by atoms with Gasteiger partial charge in [-0.3, -0.25) is 4.79 Å². The summed E-state index contributed by atoms with van der Waals surface area (Å²) in [4.78, 5) is 12.7. The number of amides is 1. The van der Waals surface area contributed by atoms with Gasteiger partial charge >= 0.3 is 0 Å². The molecule has 0 saturated heterocycles. The van der Waals surface area contributed by atoms with Gasteiger partial charge < -0.3 is 14.8 Å². The summed E-state index contributed by atoms with van der Waals surface area (Å²) in [7, 11) is 1.61. The second kappa shape index (κ2) is 8.72. The van der Waals surface area contributed by atoms with Gasteiger partial charge in [-0.1, -0.05) is 36.4 Å². The molecular formula is C23H21NO3. The van der Waals surface area contributed by atoms with Crippen LogP contribution in [-0.4, -0.2) is 13.0 Å². The summed E-state index contributed by atoms with van der Waals surface area (Å²) in [5.41, 5.74) is 2.06. The highest BCUT2D eigenvalue weighted by Gasteiger charge is 2.12. The van der Waals surface area contributed by atoms with Crippen LogP contribution in [0, 0.1) is 0 Å². The minimum absolute atomic E-state index is 0.216. The maximum absolute atomic E-state index is 12.7. The zero-order valence-corrected chi connectivity index (χ0v) is 15.1. The average Bonchev–Trinajstić information content (AvgIpc) is 2.70. The Bertz CT molecular complexity index is 935. The summed E-state index contributed by atoms with van der Waals surface area (Å²) in [6.07, 6.45) is 2.40. The van der Waals surface area contributed by atoms with Gasteiger partial charge in [0.2, 0.25) is 0 Å². The average molecular weight is 359 g/mol. The number of benzene rings is 3. The van der Waals surface area contributed by atoms with E-state index in [0.29, 0.717) is 29.2 Å². The highest BCUT2D eigenvalue weighted by Crippen LogP contribution is 2.30. The SMILES string of the molecule is C=CCc1cc(C(=O)Nc2ccccc2Oc2ccccc2)ccc1OC. The molecule has 0 aliphatic heterocycles. The van der Waals surface area contributed by atoms with Crippen molar-refractivity contribution in [1.82, 2.24) is 0 Å². The third kappa shape index (κ3) is 4.55. The van der Waals surface area contributed by atoms with E-state index in [-0.39, 0.29) is 5.91 Å². The first kappa shape index (κ1) is 18.3. The lowest BCUT2D eigenvalue weighted by Gasteiger charge is -2.13. The fourth-order valence-electron chi connectivity index (χ4n) is 2.70. The largest absolute Gasteiger partial charge is 0.496 e. The van der Waals surface area contributed by atoms with E-state index in [1.807, 2.05) is 60.7 Å². The molecule has 0 aliphatic carbocycles. The van der Waals surface area contributed by atoms with Crippen molar-refractivity contribution in [2.75, 3.05) is 12.4 Å². The fourth-order valence-corrected chi connectivity index (χ4v) is 2.70. The molecular weight excluding hydrogens is 338 g/mol. The van der Waals surface area contributed by atoms with Crippen LogP contribution in [0.2, 0.25) is 0 Å². The predicted molar refractivity (Wildman–Crippen MR) is 108 cm³/mol. The molecule has 27 heavy (non-hydrogen) atoms. The summed E-state index contributed by atoms with van der Waals surface area (Å²) >= 11 is 0. The lowest BCUT2D eigenvalue weighted by molar-refractivity contribution is 0.102. The van der Waals surface area contributed by atoms with Crippen molar-refractivity contribution in [1.29, 1.82) is 0 Å². The predicted octanol–water partition coefficient (Wildman–Crippen LogP) is 5.47. The third-order valence-corrected chi connectivity index (χ3v) is 4.01. The van der Waals surface area contributed by atoms with Crippen LogP contribution in [0.5, 0.6) is 17.2 Å². The van der Waals surface area contributed by atoms with Crippen LogP contribution in [0.4, 0.5) is 5.69 Å². The summed E-state index contributed by atoms with van der Waals surface area (Å²) in [6.45, 7) is 3.75. The molecule has 3 aromatic rings. The van der Waals surface area contributed by atoms with Crippen LogP contribution in [0.1, 0.15) is 15.9 Å². The van der Waals surface area contributed by atoms with E-state index < -0.39 is 0 Å². The van der Waals surface area contributed by atoms with Gasteiger partial charge in [-0.2, -0.15) is 0 Å². The first-order chi connectivity index (χ1) is 13.2. The second-order valence-electron chi connectivity index (χ2n) is 5.88. The standard InChI is InChI=1S/C23H21NO3/c1-3-9-17-16-18(14-15-21(17)26-2)23(25)24-20-12-7-8-13-22(20)27-19-10-5-4-6-11-19/h3-8,10-16H,1,9H2,2H3,(H,24,25). The zero-order chi connectivity index (χ0) is 19.1. The van der Waals surface area contributed by atoms with Gasteiger partial charge in [0.15, 0.2) is 5.75 Å². The normalized spacial score (nSPS) is 10.1. The molecule has 3 aromatic carbocycles. The van der Waals surface area contributed by atoms with Crippen LogP contribution in [-0.2, 0) is 6.42 Å². The first-order valence-corrected chi connectivity index (χ1v) is 8.62. The van der Waals surface area contributed by atoms with Crippen LogP contribution in [0.25, 0.3) is 0 Å². The Labute approximate surface area is 159 Å². The van der Waals surface area contributed by atoms with Gasteiger partial charge in [0.05, 0.1) is 12.8 Å². The lowest BCUT2D eigenvalue weighted by atomic mass is 10.1. The van der Waals surface area contributed by atoms with Gasteiger partial charge in [-0.25, -0.2) is 0 Å². The number of anilines is 1. The van der Waals surface area contributed by atoms with Crippen LogP contribution in [0.15, 0.2) is 85.5 Å². The molecule has 0 aliphatic rings. The first-order valence-electron chi connectivity index (χ1n) is 8.62. The molecule has 4 nitrogen and oxygen atoms in total. The van der Waals surface area contributed by atoms with Gasteiger partial charge in [0.1, 0.15) is 11.5 Å². The number of methoxy groups -OCH3 is 1. The highest BCUT2D eigenvalue weighted by molar-refractivity contribution is 6.05. The fraction of sp³-hybridized carbons (Fsp3) is 0.0870. The number of carbonyl (C=O) groups is 1. The van der Waals surface area contributed by atoms with Crippen molar-refractivity contribution in [3.63, 3.8) is 0 Å². The molecule has 0 bridgehead atoms. The number of hydrogen-bond donors (Lipinski definition) is 1. The Morgan fingerprint density at radius 2 is 1.74 bits per heavy atom. The summed E-state index contributed by atoms with van der Waals surface area (Å²) in [5.74, 6) is 1.81. The minimum atomic E-state index is -0.216. The molecule has 0 radical (unpaired) electrons. The molecule has 0 aromatic heterocycles. The summed E-state index contributed by atoms with van der Waals surface area (Å²) < 4.78 is 11.2. The smallest absolute Gasteiger partial charge is 0.255 e. The topological polar surface area (TPSA) is 47.6 Å². The molecule has 136 valence electrons. The van der Waals surface area contributed by atoms with Gasteiger partial charge in [0, 0.05) is 5.56 Å². The van der Waals surface area contributed by atoms with Gasteiger partial charge in [-0.05, 0) is 54.4 Å². The number of ether oxygens (including phenoxy) is 2. The quantitative estimate of drug-likeness (QED) is 0.569. The lowest BCUT2D eigenvalue weighted by Crippen LogP contribution is -2.13. The zero-order valence-electron chi connectivity index (χ0n) is 15.1. The van der Waals surface area contributed by atoms with E-state index in [9.17, 15) is 4.79 Å². The maximum Gasteiger partial charge on any atom is 0.255 e. The molecule has 4 heteroatoms. The maximum atomic E-state index is 12.7. The second-order valence-corrected chi connectivity index (χ2v) is 5.88. The van der Waals surface area contributed by atoms with E-state index in [0.717, 1.165) is 11.3 Å². The number of allylic oxidation sites excluding steroid dienone is 1. The van der Waals surface area contributed by atoms with E-state index >= 15 is 0 Å². The minimum Gasteiger partial charge on any atom is -0.496 e. The van der Waals surface area contributed by atoms with E-state index in [4.69, 9.17) is 9.47 Å². The molecule has 0 atom stereocenters. The van der Waals surface area contributed by atoms with Crippen molar-refractivity contribution in [3.05, 3.63) is 96.6 Å². The third-order valence-electron chi connectivity index (χ3n) is 4.01. The number of nitrogens with one attached hydrogen (secondary N) is 1. The molecule has 1 N–H and O–H groups in total. The highest BCUT2D eigenvalue weighted by atomic mass is 16.5. The van der Waals surface area contributed by atoms with Gasteiger partial charge in [-0.15, -0.1) is 6.58 Å². The van der Waals surface area contributed by atoms with E-state index in [1.54, 1.807) is 25.3 Å². The monoisotopic (exact) mass is 359 g/mol. The number of para-hydroxylation sites is 3. The molecule has 1 amide bonds. The molecule has 0 spiro atoms. The number of hydrogen-bond acceptors (Lipinski definition) is 3. The Kier molecular flexibility index (Phi) is 5.90. The summed E-state index contributed by atoms with van der Waals surface area (Å²) in [6, 6.07) is 22.1. The molecule has 0 heterocycles. The van der Waals surface area contributed by atoms with Crippen molar-refractivity contribution < 1.29 is 14.3 Å². The molecule has 0 saturated carbocycles. The van der Waals surface area contributed by atoms with Gasteiger partial charge in [0.25, 0.3) is 5.91 Å². The van der Waals surface area contributed by atoms with Crippen molar-refractivity contribution >= 4 is 11.6 Å². The molecule has 0 unspecified atom stereocenters. The Balaban J connectivity index is 1.82. The van der Waals surface area contributed by atoms with Crippen molar-refractivity contribution in [2.24, 2.45) is 0 Å². The number of rotatable bonds is 7. The van der Waals surface area contributed by atoms with Crippen molar-refractivity contribution in [3.8, 4) is 17.2 Å². The molecule has 0 fully saturated rings. The van der Waals surface area contributed by atoms with Crippen LogP contribution >= 0.6 is 0 Å². The van der Waals surface area contributed by atoms with Crippen molar-refractivity contribution in [2.45, 2.75) is 6.42 Å². The molecule has 3 rings (SSSR count). The Morgan fingerprint density at radius 3 is 2.48 bits per heavy atom. The van der Waals surface area contributed by atoms with Crippen LogP contribution < -0.4 is 14.8 Å². The van der Waals surface area contributed by atoms with E-state index in [2.05, 4.69) is 11.9 Å². The van der Waals surface area contributed by atoms with E-state index in [1.165, 1.54) is 0 Å². The number of carbonyl (C=O) groups excluding carboxylic acids is 1.